The van der Waals surface area contributed by atoms with E-state index in [2.05, 4.69) is 28.9 Å². The molecule has 4 aromatic rings. The average molecular weight is 371 g/mol. The summed E-state index contributed by atoms with van der Waals surface area (Å²) in [6, 6.07) is 24.3. The number of benzene rings is 2. The van der Waals surface area contributed by atoms with Gasteiger partial charge in [-0.15, -0.1) is 11.3 Å². The Hall–Kier alpha value is -3.18. The number of aromatic nitrogens is 2. The molecular weight excluding hydrogens is 354 g/mol. The molecule has 0 spiro atoms. The van der Waals surface area contributed by atoms with Gasteiger partial charge in [0.05, 0.1) is 11.4 Å². The lowest BCUT2D eigenvalue weighted by molar-refractivity contribution is -0.116. The Bertz CT molecular complexity index is 1090. The SMILES string of the molecule is O=C1C[C@@H](c2cccs2)c2c(-c3ccccc3)nn(-c3ccccc3)c2N1. The van der Waals surface area contributed by atoms with E-state index in [4.69, 9.17) is 5.10 Å². The molecule has 5 heteroatoms. The van der Waals surface area contributed by atoms with Gasteiger partial charge >= 0.3 is 0 Å². The molecule has 0 radical (unpaired) electrons. The van der Waals surface area contributed by atoms with Gasteiger partial charge in [-0.25, -0.2) is 4.68 Å². The first-order valence-corrected chi connectivity index (χ1v) is 9.76. The van der Waals surface area contributed by atoms with Crippen LogP contribution in [0.5, 0.6) is 0 Å². The Kier molecular flexibility index (Phi) is 3.87. The Labute approximate surface area is 161 Å². The molecule has 1 amide bonds. The van der Waals surface area contributed by atoms with E-state index in [-0.39, 0.29) is 11.8 Å². The number of amides is 1. The molecule has 0 fully saturated rings. The first-order chi connectivity index (χ1) is 13.3. The summed E-state index contributed by atoms with van der Waals surface area (Å²) in [5, 5.41) is 10.1. The van der Waals surface area contributed by atoms with Crippen molar-refractivity contribution in [1.82, 2.24) is 9.78 Å². The number of anilines is 1. The highest BCUT2D eigenvalue weighted by Gasteiger charge is 2.34. The van der Waals surface area contributed by atoms with Crippen molar-refractivity contribution >= 4 is 23.1 Å². The first kappa shape index (κ1) is 16.0. The van der Waals surface area contributed by atoms with Gasteiger partial charge in [0, 0.05) is 28.3 Å². The van der Waals surface area contributed by atoms with E-state index >= 15 is 0 Å². The Balaban J connectivity index is 1.79. The smallest absolute Gasteiger partial charge is 0.226 e. The minimum atomic E-state index is 0.0152. The van der Waals surface area contributed by atoms with Gasteiger partial charge in [0.25, 0.3) is 0 Å². The second-order valence-electron chi connectivity index (χ2n) is 6.54. The Morgan fingerprint density at radius 2 is 1.70 bits per heavy atom. The third-order valence-electron chi connectivity index (χ3n) is 4.85. The van der Waals surface area contributed by atoms with Crippen molar-refractivity contribution in [3.05, 3.63) is 88.6 Å². The van der Waals surface area contributed by atoms with Crippen molar-refractivity contribution in [2.75, 3.05) is 5.32 Å². The highest BCUT2D eigenvalue weighted by Crippen LogP contribution is 2.44. The van der Waals surface area contributed by atoms with Gasteiger partial charge in [-0.1, -0.05) is 54.6 Å². The van der Waals surface area contributed by atoms with Gasteiger partial charge in [0.15, 0.2) is 0 Å². The number of thiophene rings is 1. The zero-order valence-corrected chi connectivity index (χ0v) is 15.3. The molecule has 27 heavy (non-hydrogen) atoms. The molecule has 132 valence electrons. The van der Waals surface area contributed by atoms with Crippen molar-refractivity contribution in [3.8, 4) is 16.9 Å². The van der Waals surface area contributed by atoms with Crippen LogP contribution in [-0.2, 0) is 4.79 Å². The summed E-state index contributed by atoms with van der Waals surface area (Å²) in [4.78, 5) is 13.7. The van der Waals surface area contributed by atoms with Gasteiger partial charge < -0.3 is 5.32 Å². The van der Waals surface area contributed by atoms with Crippen molar-refractivity contribution in [1.29, 1.82) is 0 Å². The van der Waals surface area contributed by atoms with Crippen LogP contribution in [0, 0.1) is 0 Å². The second-order valence-corrected chi connectivity index (χ2v) is 7.52. The van der Waals surface area contributed by atoms with Crippen molar-refractivity contribution < 1.29 is 4.79 Å². The van der Waals surface area contributed by atoms with Gasteiger partial charge in [0.2, 0.25) is 5.91 Å². The number of para-hydroxylation sites is 1. The van der Waals surface area contributed by atoms with Crippen LogP contribution < -0.4 is 5.32 Å². The molecule has 0 saturated carbocycles. The zero-order chi connectivity index (χ0) is 18.2. The number of nitrogens with zero attached hydrogens (tertiary/aromatic N) is 2. The third-order valence-corrected chi connectivity index (χ3v) is 5.84. The monoisotopic (exact) mass is 371 g/mol. The minimum Gasteiger partial charge on any atom is -0.310 e. The van der Waals surface area contributed by atoms with Crippen molar-refractivity contribution in [3.63, 3.8) is 0 Å². The van der Waals surface area contributed by atoms with E-state index in [0.717, 1.165) is 28.3 Å². The van der Waals surface area contributed by atoms with Crippen molar-refractivity contribution in [2.45, 2.75) is 12.3 Å². The van der Waals surface area contributed by atoms with Gasteiger partial charge in [-0.3, -0.25) is 4.79 Å². The summed E-state index contributed by atoms with van der Waals surface area (Å²) in [6.45, 7) is 0. The molecule has 1 aliphatic heterocycles. The molecule has 0 bridgehead atoms. The molecular formula is C22H17N3OS. The maximum atomic E-state index is 12.5. The highest BCUT2D eigenvalue weighted by molar-refractivity contribution is 7.10. The molecule has 0 saturated heterocycles. The van der Waals surface area contributed by atoms with Gasteiger partial charge in [-0.2, -0.15) is 5.10 Å². The van der Waals surface area contributed by atoms with Crippen molar-refractivity contribution in [2.24, 2.45) is 0 Å². The molecule has 4 nitrogen and oxygen atoms in total. The predicted octanol–water partition coefficient (Wildman–Crippen LogP) is 5.07. The molecule has 2 aromatic heterocycles. The van der Waals surface area contributed by atoms with E-state index < -0.39 is 0 Å². The quantitative estimate of drug-likeness (QED) is 0.546. The van der Waals surface area contributed by atoms with Crippen LogP contribution in [0.3, 0.4) is 0 Å². The maximum absolute atomic E-state index is 12.5. The van der Waals surface area contributed by atoms with Crippen LogP contribution in [0.1, 0.15) is 22.8 Å². The van der Waals surface area contributed by atoms with Crippen LogP contribution in [0.25, 0.3) is 16.9 Å². The Morgan fingerprint density at radius 3 is 2.41 bits per heavy atom. The fraction of sp³-hybridized carbons (Fsp3) is 0.0909. The molecule has 5 rings (SSSR count). The first-order valence-electron chi connectivity index (χ1n) is 8.88. The lowest BCUT2D eigenvalue weighted by atomic mass is 9.88. The number of fused-ring (bicyclic) bond motifs is 1. The fourth-order valence-corrected chi connectivity index (χ4v) is 4.49. The molecule has 1 aliphatic rings. The lowest BCUT2D eigenvalue weighted by Gasteiger charge is -2.23. The van der Waals surface area contributed by atoms with Crippen LogP contribution in [-0.4, -0.2) is 15.7 Å². The topological polar surface area (TPSA) is 46.9 Å². The summed E-state index contributed by atoms with van der Waals surface area (Å²) in [5.74, 6) is 0.814. The minimum absolute atomic E-state index is 0.0152. The molecule has 1 N–H and O–H groups in total. The zero-order valence-electron chi connectivity index (χ0n) is 14.5. The second kappa shape index (κ2) is 6.52. The largest absolute Gasteiger partial charge is 0.310 e. The standard InChI is InChI=1S/C22H17N3OS/c26-19-14-17(18-12-7-13-27-18)20-21(15-8-3-1-4-9-15)24-25(22(20)23-19)16-10-5-2-6-11-16/h1-13,17H,14H2,(H,23,26)/t17-/m0/s1. The van der Waals surface area contributed by atoms with E-state index in [9.17, 15) is 4.79 Å². The van der Waals surface area contributed by atoms with Crippen LogP contribution in [0.4, 0.5) is 5.82 Å². The number of nitrogens with one attached hydrogen (secondary N) is 1. The van der Waals surface area contributed by atoms with E-state index in [1.54, 1.807) is 11.3 Å². The molecule has 2 aromatic carbocycles. The van der Waals surface area contributed by atoms with Gasteiger partial charge in [0.1, 0.15) is 5.82 Å². The molecule has 3 heterocycles. The van der Waals surface area contributed by atoms with E-state index in [1.165, 1.54) is 4.88 Å². The summed E-state index contributed by atoms with van der Waals surface area (Å²) in [7, 11) is 0. The molecule has 1 atom stereocenters. The summed E-state index contributed by atoms with van der Waals surface area (Å²) >= 11 is 1.69. The average Bonchev–Trinajstić information content (AvgIpc) is 3.37. The predicted molar refractivity (Wildman–Crippen MR) is 108 cm³/mol. The summed E-state index contributed by atoms with van der Waals surface area (Å²) < 4.78 is 1.86. The van der Waals surface area contributed by atoms with Crippen LogP contribution in [0.2, 0.25) is 0 Å². The third kappa shape index (κ3) is 2.76. The summed E-state index contributed by atoms with van der Waals surface area (Å²) in [5.41, 5.74) is 4.00. The van der Waals surface area contributed by atoms with E-state index in [1.807, 2.05) is 59.3 Å². The molecule has 0 unspecified atom stereocenters. The number of hydrogen-bond acceptors (Lipinski definition) is 3. The van der Waals surface area contributed by atoms with Gasteiger partial charge in [-0.05, 0) is 23.6 Å². The van der Waals surface area contributed by atoms with E-state index in [0.29, 0.717) is 6.42 Å². The Morgan fingerprint density at radius 1 is 0.963 bits per heavy atom. The maximum Gasteiger partial charge on any atom is 0.226 e. The number of carbonyl (C=O) groups excluding carboxylic acids is 1. The summed E-state index contributed by atoms with van der Waals surface area (Å²) in [6.07, 6.45) is 0.438. The lowest BCUT2D eigenvalue weighted by Crippen LogP contribution is -2.24. The van der Waals surface area contributed by atoms with Crippen LogP contribution in [0.15, 0.2) is 78.2 Å². The number of rotatable bonds is 3. The normalized spacial score (nSPS) is 16.0. The number of hydrogen-bond donors (Lipinski definition) is 1. The van der Waals surface area contributed by atoms with Crippen LogP contribution >= 0.6 is 11.3 Å². The number of carbonyl (C=O) groups is 1. The fourth-order valence-electron chi connectivity index (χ4n) is 3.65. The highest BCUT2D eigenvalue weighted by atomic mass is 32.1. The molecule has 0 aliphatic carbocycles.